The summed E-state index contributed by atoms with van der Waals surface area (Å²) in [6.07, 6.45) is -0.546. The first-order chi connectivity index (χ1) is 8.67. The smallest absolute Gasteiger partial charge is 0.260 e. The predicted octanol–water partition coefficient (Wildman–Crippen LogP) is 1.23. The van der Waals surface area contributed by atoms with Crippen LogP contribution in [0.2, 0.25) is 0 Å². The highest BCUT2D eigenvalue weighted by Crippen LogP contribution is 2.18. The number of hydrogen-bond donors (Lipinski definition) is 1. The van der Waals surface area contributed by atoms with E-state index < -0.39 is 6.10 Å². The van der Waals surface area contributed by atoms with Crippen LogP contribution >= 0.6 is 0 Å². The maximum Gasteiger partial charge on any atom is 0.260 e. The fourth-order valence-electron chi connectivity index (χ4n) is 1.33. The Labute approximate surface area is 107 Å². The van der Waals surface area contributed by atoms with E-state index in [1.165, 1.54) is 0 Å². The second kappa shape index (κ2) is 7.55. The highest BCUT2D eigenvalue weighted by molar-refractivity contribution is 5.80. The third-order valence-electron chi connectivity index (χ3n) is 2.35. The van der Waals surface area contributed by atoms with E-state index in [9.17, 15) is 4.79 Å². The van der Waals surface area contributed by atoms with E-state index >= 15 is 0 Å². The van der Waals surface area contributed by atoms with Crippen LogP contribution in [0.3, 0.4) is 0 Å². The number of benzene rings is 1. The van der Waals surface area contributed by atoms with Crippen molar-refractivity contribution in [2.45, 2.75) is 13.0 Å². The molecule has 0 radical (unpaired) electrons. The average Bonchev–Trinajstić information content (AvgIpc) is 2.39. The summed E-state index contributed by atoms with van der Waals surface area (Å²) < 4.78 is 15.4. The van der Waals surface area contributed by atoms with Crippen molar-refractivity contribution in [1.82, 2.24) is 5.32 Å². The van der Waals surface area contributed by atoms with E-state index in [0.717, 1.165) is 5.75 Å². The Balaban J connectivity index is 2.42. The Morgan fingerprint density at radius 3 is 2.39 bits per heavy atom. The van der Waals surface area contributed by atoms with Crippen LogP contribution in [0.15, 0.2) is 24.3 Å². The SMILES string of the molecule is COCCNC(=O)[C@@H](C)Oc1ccc(OC)cc1. The molecule has 1 rings (SSSR count). The molecular weight excluding hydrogens is 234 g/mol. The van der Waals surface area contributed by atoms with Gasteiger partial charge in [0.05, 0.1) is 13.7 Å². The third-order valence-corrected chi connectivity index (χ3v) is 2.35. The highest BCUT2D eigenvalue weighted by atomic mass is 16.5. The summed E-state index contributed by atoms with van der Waals surface area (Å²) in [6.45, 7) is 2.67. The van der Waals surface area contributed by atoms with Gasteiger partial charge in [0.15, 0.2) is 6.10 Å². The number of carbonyl (C=O) groups excluding carboxylic acids is 1. The molecule has 1 atom stereocenters. The van der Waals surface area contributed by atoms with Crippen molar-refractivity contribution >= 4 is 5.91 Å². The number of hydrogen-bond acceptors (Lipinski definition) is 4. The van der Waals surface area contributed by atoms with E-state index in [2.05, 4.69) is 5.32 Å². The number of carbonyl (C=O) groups is 1. The van der Waals surface area contributed by atoms with Crippen LogP contribution in [0, 0.1) is 0 Å². The van der Waals surface area contributed by atoms with Crippen LogP contribution in [0.4, 0.5) is 0 Å². The molecule has 100 valence electrons. The Bertz CT molecular complexity index is 364. The topological polar surface area (TPSA) is 56.8 Å². The maximum atomic E-state index is 11.6. The normalized spacial score (nSPS) is 11.7. The number of nitrogens with one attached hydrogen (secondary N) is 1. The van der Waals surface area contributed by atoms with Crippen molar-refractivity contribution in [3.63, 3.8) is 0 Å². The summed E-state index contributed by atoms with van der Waals surface area (Å²) in [5.41, 5.74) is 0. The molecule has 1 aromatic carbocycles. The lowest BCUT2D eigenvalue weighted by Gasteiger charge is -2.14. The van der Waals surface area contributed by atoms with Crippen molar-refractivity contribution in [2.75, 3.05) is 27.4 Å². The van der Waals surface area contributed by atoms with E-state index in [0.29, 0.717) is 18.9 Å². The summed E-state index contributed by atoms with van der Waals surface area (Å²) in [6, 6.07) is 7.09. The lowest BCUT2D eigenvalue weighted by atomic mass is 10.3. The van der Waals surface area contributed by atoms with Crippen molar-refractivity contribution in [3.05, 3.63) is 24.3 Å². The van der Waals surface area contributed by atoms with Crippen molar-refractivity contribution in [1.29, 1.82) is 0 Å². The van der Waals surface area contributed by atoms with Crippen molar-refractivity contribution < 1.29 is 19.0 Å². The van der Waals surface area contributed by atoms with Crippen LogP contribution in [0.1, 0.15) is 6.92 Å². The average molecular weight is 253 g/mol. The molecule has 0 aliphatic carbocycles. The molecule has 1 N–H and O–H groups in total. The first kappa shape index (κ1) is 14.3. The molecule has 1 aromatic rings. The highest BCUT2D eigenvalue weighted by Gasteiger charge is 2.13. The molecule has 0 saturated carbocycles. The Morgan fingerprint density at radius 1 is 1.22 bits per heavy atom. The first-order valence-corrected chi connectivity index (χ1v) is 5.74. The van der Waals surface area contributed by atoms with Crippen LogP contribution in [-0.4, -0.2) is 39.4 Å². The molecule has 0 aliphatic rings. The fourth-order valence-corrected chi connectivity index (χ4v) is 1.33. The Hall–Kier alpha value is -1.75. The number of rotatable bonds is 7. The van der Waals surface area contributed by atoms with Crippen LogP contribution < -0.4 is 14.8 Å². The second-order valence-electron chi connectivity index (χ2n) is 3.72. The molecule has 0 aliphatic heterocycles. The van der Waals surface area contributed by atoms with Gasteiger partial charge in [0.2, 0.25) is 0 Å². The van der Waals surface area contributed by atoms with Gasteiger partial charge in [0, 0.05) is 13.7 Å². The molecule has 18 heavy (non-hydrogen) atoms. The third kappa shape index (κ3) is 4.63. The molecule has 0 aromatic heterocycles. The van der Waals surface area contributed by atoms with Crippen molar-refractivity contribution in [2.24, 2.45) is 0 Å². The molecule has 1 amide bonds. The van der Waals surface area contributed by atoms with Gasteiger partial charge in [0.1, 0.15) is 11.5 Å². The zero-order valence-electron chi connectivity index (χ0n) is 10.9. The molecule has 5 heteroatoms. The summed E-state index contributed by atoms with van der Waals surface area (Å²) in [5, 5.41) is 2.71. The molecule has 0 saturated heterocycles. The zero-order chi connectivity index (χ0) is 13.4. The van der Waals surface area contributed by atoms with Gasteiger partial charge in [-0.1, -0.05) is 0 Å². The maximum absolute atomic E-state index is 11.6. The van der Waals surface area contributed by atoms with Gasteiger partial charge in [-0.2, -0.15) is 0 Å². The fraction of sp³-hybridized carbons (Fsp3) is 0.462. The molecule has 0 unspecified atom stereocenters. The second-order valence-corrected chi connectivity index (χ2v) is 3.72. The van der Waals surface area contributed by atoms with Gasteiger partial charge in [-0.05, 0) is 31.2 Å². The predicted molar refractivity (Wildman–Crippen MR) is 68.0 cm³/mol. The summed E-state index contributed by atoms with van der Waals surface area (Å²) in [5.74, 6) is 1.22. The largest absolute Gasteiger partial charge is 0.497 e. The summed E-state index contributed by atoms with van der Waals surface area (Å²) >= 11 is 0. The van der Waals surface area contributed by atoms with Crippen LogP contribution in [0.25, 0.3) is 0 Å². The Morgan fingerprint density at radius 2 is 1.83 bits per heavy atom. The molecule has 5 nitrogen and oxygen atoms in total. The van der Waals surface area contributed by atoms with Gasteiger partial charge >= 0.3 is 0 Å². The van der Waals surface area contributed by atoms with Gasteiger partial charge in [-0.25, -0.2) is 0 Å². The quantitative estimate of drug-likeness (QED) is 0.742. The van der Waals surface area contributed by atoms with Gasteiger partial charge < -0.3 is 19.5 Å². The van der Waals surface area contributed by atoms with E-state index in [-0.39, 0.29) is 5.91 Å². The summed E-state index contributed by atoms with van der Waals surface area (Å²) in [4.78, 5) is 11.6. The lowest BCUT2D eigenvalue weighted by molar-refractivity contribution is -0.127. The zero-order valence-corrected chi connectivity index (χ0v) is 10.9. The standard InChI is InChI=1S/C13H19NO4/c1-10(13(15)14-8-9-16-2)18-12-6-4-11(17-3)5-7-12/h4-7,10H,8-9H2,1-3H3,(H,14,15)/t10-/m1/s1. The van der Waals surface area contributed by atoms with Gasteiger partial charge in [-0.15, -0.1) is 0 Å². The minimum atomic E-state index is -0.546. The first-order valence-electron chi connectivity index (χ1n) is 5.74. The molecule has 0 heterocycles. The molecule has 0 spiro atoms. The van der Waals surface area contributed by atoms with Crippen LogP contribution in [-0.2, 0) is 9.53 Å². The Kier molecular flexibility index (Phi) is 6.00. The molecule has 0 fully saturated rings. The monoisotopic (exact) mass is 253 g/mol. The van der Waals surface area contributed by atoms with Gasteiger partial charge in [-0.3, -0.25) is 4.79 Å². The number of amides is 1. The molecular formula is C13H19NO4. The van der Waals surface area contributed by atoms with Gasteiger partial charge in [0.25, 0.3) is 5.91 Å². The van der Waals surface area contributed by atoms with E-state index in [1.807, 2.05) is 0 Å². The number of methoxy groups -OCH3 is 2. The minimum absolute atomic E-state index is 0.164. The van der Waals surface area contributed by atoms with Crippen LogP contribution in [0.5, 0.6) is 11.5 Å². The lowest BCUT2D eigenvalue weighted by Crippen LogP contribution is -2.37. The summed E-state index contributed by atoms with van der Waals surface area (Å²) in [7, 11) is 3.19. The van der Waals surface area contributed by atoms with Crippen molar-refractivity contribution in [3.8, 4) is 11.5 Å². The van der Waals surface area contributed by atoms with E-state index in [4.69, 9.17) is 14.2 Å². The minimum Gasteiger partial charge on any atom is -0.497 e. The number of ether oxygens (including phenoxy) is 3. The molecule has 0 bridgehead atoms. The van der Waals surface area contributed by atoms with E-state index in [1.54, 1.807) is 45.4 Å².